The maximum absolute atomic E-state index is 14.4. The number of rotatable bonds is 29. The molecule has 8 N–H and O–H groups in total. The van der Waals surface area contributed by atoms with E-state index in [1.165, 1.54) is 42.2 Å². The number of carbonyl (C=O) groups is 8. The van der Waals surface area contributed by atoms with Crippen LogP contribution < -0.4 is 37.0 Å². The monoisotopic (exact) mass is 1100 g/mol. The van der Waals surface area contributed by atoms with Gasteiger partial charge in [0.15, 0.2) is 0 Å². The van der Waals surface area contributed by atoms with Crippen LogP contribution in [-0.4, -0.2) is 136 Å². The van der Waals surface area contributed by atoms with Gasteiger partial charge in [0.25, 0.3) is 27.7 Å². The summed E-state index contributed by atoms with van der Waals surface area (Å²) in [4.78, 5) is 109. The van der Waals surface area contributed by atoms with Crippen LogP contribution in [0.2, 0.25) is 0 Å². The highest BCUT2D eigenvalue weighted by molar-refractivity contribution is 7.90. The van der Waals surface area contributed by atoms with E-state index in [4.69, 9.17) is 10.5 Å². The predicted molar refractivity (Wildman–Crippen MR) is 297 cm³/mol. The third-order valence-electron chi connectivity index (χ3n) is 13.5. The van der Waals surface area contributed by atoms with Gasteiger partial charge in [-0.1, -0.05) is 115 Å². The molecule has 78 heavy (non-hydrogen) atoms. The van der Waals surface area contributed by atoms with Gasteiger partial charge >= 0.3 is 0 Å². The highest BCUT2D eigenvalue weighted by Gasteiger charge is 2.42. The van der Waals surface area contributed by atoms with Crippen LogP contribution in [0.4, 0.5) is 5.69 Å². The van der Waals surface area contributed by atoms with Gasteiger partial charge in [0.1, 0.15) is 18.1 Å². The number of likely N-dealkylation sites (N-methyl/N-ethyl adjacent to an activating group) is 2. The fraction of sp³-hybridized carbons (Fsp3) is 0.474. The van der Waals surface area contributed by atoms with Crippen LogP contribution in [0, 0.1) is 11.3 Å². The average Bonchev–Trinajstić information content (AvgIpc) is 3.71. The third kappa shape index (κ3) is 18.3. The smallest absolute Gasteiger partial charge is 0.264 e. The maximum Gasteiger partial charge on any atom is 0.264 e. The zero-order valence-corrected chi connectivity index (χ0v) is 47.3. The minimum atomic E-state index is -4.47. The molecule has 0 saturated heterocycles. The topological polar surface area (TPSA) is 285 Å². The molecule has 3 aromatic carbocycles. The lowest BCUT2D eigenvalue weighted by atomic mass is 9.76. The van der Waals surface area contributed by atoms with Crippen molar-refractivity contribution in [3.63, 3.8) is 0 Å². The summed E-state index contributed by atoms with van der Waals surface area (Å²) in [5.41, 5.74) is 6.22. The first-order valence-corrected chi connectivity index (χ1v) is 27.6. The first-order valence-electron chi connectivity index (χ1n) is 26.1. The van der Waals surface area contributed by atoms with Gasteiger partial charge in [-0.15, -0.1) is 0 Å². The molecule has 1 aliphatic heterocycles. The molecule has 20 nitrogen and oxygen atoms in total. The number of hydrogen-bond donors (Lipinski definition) is 7. The number of nitrogens with zero attached hydrogens (tertiary/aromatic N) is 2. The van der Waals surface area contributed by atoms with Crippen molar-refractivity contribution < 1.29 is 51.5 Å². The van der Waals surface area contributed by atoms with Crippen LogP contribution in [-0.2, 0) is 65.0 Å². The quantitative estimate of drug-likeness (QED) is 0.0298. The van der Waals surface area contributed by atoms with E-state index in [9.17, 15) is 46.8 Å². The molecule has 0 aliphatic carbocycles. The number of hydrogen-bond acceptors (Lipinski definition) is 13. The van der Waals surface area contributed by atoms with Gasteiger partial charge in [0.2, 0.25) is 29.5 Å². The standard InChI is InChI=1S/C57H79N9O11S/c1-37(2)45(65(10)55(74)50(56(4,5)6)63-54(73)49(59-9)57(7,8)40-21-15-12-16-22-40)35-38(3)51(70)64-78(75,76)42-26-24-41(25-27-42)60-52(71)43(23-17-18-31-58)62-53(72)44(36-39-19-13-11-14-20-39)61-46(67)30-33-77-34-32-66-47(68)28-29-48(66)69/h11-16,19-22,24-29,35,37,43-45,49-50,59H,17-18,23,30-34,36,58H2,1-10H3,(H,60,71)(H,61,67)(H,62,72)(H,63,73)(H,64,70)/b38-35+. The fourth-order valence-corrected chi connectivity index (χ4v) is 9.82. The van der Waals surface area contributed by atoms with Gasteiger partial charge < -0.3 is 42.0 Å². The van der Waals surface area contributed by atoms with E-state index < -0.39 is 92.4 Å². The molecule has 0 aromatic heterocycles. The summed E-state index contributed by atoms with van der Waals surface area (Å²) in [7, 11) is -1.20. The molecule has 1 aliphatic rings. The van der Waals surface area contributed by atoms with Crippen molar-refractivity contribution in [2.24, 2.45) is 17.1 Å². The van der Waals surface area contributed by atoms with Gasteiger partial charge in [-0.3, -0.25) is 43.3 Å². The Kier molecular flexibility index (Phi) is 23.6. The first kappa shape index (κ1) is 63.5. The Morgan fingerprint density at radius 2 is 1.36 bits per heavy atom. The van der Waals surface area contributed by atoms with Crippen molar-refractivity contribution in [3.8, 4) is 0 Å². The molecule has 5 atom stereocenters. The maximum atomic E-state index is 14.4. The molecule has 4 rings (SSSR count). The van der Waals surface area contributed by atoms with Crippen molar-refractivity contribution in [3.05, 3.63) is 120 Å². The number of amides is 8. The number of nitrogens with one attached hydrogen (secondary N) is 6. The summed E-state index contributed by atoms with van der Waals surface area (Å²) in [6.07, 6.45) is 4.98. The van der Waals surface area contributed by atoms with E-state index in [2.05, 4.69) is 31.3 Å². The predicted octanol–water partition coefficient (Wildman–Crippen LogP) is 3.63. The number of benzene rings is 3. The third-order valence-corrected chi connectivity index (χ3v) is 14.8. The number of ether oxygens (including phenoxy) is 1. The molecular weight excluding hydrogens is 1020 g/mol. The average molecular weight is 1100 g/mol. The van der Waals surface area contributed by atoms with E-state index in [-0.39, 0.29) is 67.0 Å². The normalized spacial score (nSPS) is 15.0. The summed E-state index contributed by atoms with van der Waals surface area (Å²) in [6.45, 7) is 14.9. The lowest BCUT2D eigenvalue weighted by Crippen LogP contribution is -2.61. The van der Waals surface area contributed by atoms with Gasteiger partial charge in [0, 0.05) is 48.7 Å². The Labute approximate surface area is 459 Å². The number of imide groups is 1. The van der Waals surface area contributed by atoms with E-state index in [1.54, 1.807) is 44.4 Å². The first-order chi connectivity index (χ1) is 36.7. The van der Waals surface area contributed by atoms with Gasteiger partial charge in [-0.2, -0.15) is 0 Å². The number of nitrogens with two attached hydrogens (primary N) is 1. The highest BCUT2D eigenvalue weighted by Crippen LogP contribution is 2.29. The van der Waals surface area contributed by atoms with E-state index >= 15 is 0 Å². The van der Waals surface area contributed by atoms with Crippen molar-refractivity contribution in [2.45, 2.75) is 128 Å². The van der Waals surface area contributed by atoms with Crippen LogP contribution in [0.3, 0.4) is 0 Å². The Balaban J connectivity index is 1.42. The summed E-state index contributed by atoms with van der Waals surface area (Å²) >= 11 is 0. The van der Waals surface area contributed by atoms with Crippen molar-refractivity contribution in [1.82, 2.24) is 35.8 Å². The molecule has 5 unspecified atom stereocenters. The Hall–Kier alpha value is -7.07. The lowest BCUT2D eigenvalue weighted by molar-refractivity contribution is -0.141. The van der Waals surface area contributed by atoms with Crippen LogP contribution in [0.5, 0.6) is 0 Å². The number of anilines is 1. The molecule has 0 fully saturated rings. The van der Waals surface area contributed by atoms with E-state index in [1.807, 2.05) is 78.8 Å². The van der Waals surface area contributed by atoms with Crippen LogP contribution in [0.1, 0.15) is 92.2 Å². The van der Waals surface area contributed by atoms with Gasteiger partial charge in [0.05, 0.1) is 36.7 Å². The highest BCUT2D eigenvalue weighted by atomic mass is 32.2. The summed E-state index contributed by atoms with van der Waals surface area (Å²) in [5, 5.41) is 14.4. The molecule has 3 aromatic rings. The van der Waals surface area contributed by atoms with Crippen molar-refractivity contribution >= 4 is 63.0 Å². The van der Waals surface area contributed by atoms with Crippen molar-refractivity contribution in [1.29, 1.82) is 0 Å². The SMILES string of the molecule is CNC(C(=O)NC(C(=O)N(C)C(/C=C(\C)C(=O)NS(=O)(=O)c1ccc(NC(=O)C(CCCCN)NC(=O)C(Cc2ccccc2)NC(=O)CCOCCN2C(=O)C=CC2=O)cc1)C(C)C)C(C)(C)C)C(C)(C)c1ccccc1. The molecule has 1 heterocycles. The summed E-state index contributed by atoms with van der Waals surface area (Å²) < 4.78 is 34.8. The van der Waals surface area contributed by atoms with Crippen molar-refractivity contribution in [2.75, 3.05) is 45.7 Å². The Morgan fingerprint density at radius 1 is 0.756 bits per heavy atom. The van der Waals surface area contributed by atoms with Crippen LogP contribution in [0.15, 0.2) is 114 Å². The van der Waals surface area contributed by atoms with E-state index in [0.29, 0.717) is 19.4 Å². The molecule has 0 spiro atoms. The molecule has 21 heteroatoms. The van der Waals surface area contributed by atoms with Crippen LogP contribution >= 0.6 is 0 Å². The lowest BCUT2D eigenvalue weighted by Gasteiger charge is -2.40. The van der Waals surface area contributed by atoms with Gasteiger partial charge in [-0.25, -0.2) is 13.1 Å². The zero-order valence-electron chi connectivity index (χ0n) is 46.5. The fourth-order valence-electron chi connectivity index (χ4n) is 8.80. The summed E-state index contributed by atoms with van der Waals surface area (Å²) in [5.74, 6) is -4.64. The minimum Gasteiger partial charge on any atom is -0.379 e. The molecule has 424 valence electrons. The van der Waals surface area contributed by atoms with Crippen LogP contribution in [0.25, 0.3) is 0 Å². The largest absolute Gasteiger partial charge is 0.379 e. The molecule has 8 amide bonds. The second-order valence-corrected chi connectivity index (χ2v) is 23.0. The number of carbonyl (C=O) groups excluding carboxylic acids is 8. The second kappa shape index (κ2) is 29.1. The summed E-state index contributed by atoms with van der Waals surface area (Å²) in [6, 6.07) is 19.0. The molecule has 0 radical (unpaired) electrons. The van der Waals surface area contributed by atoms with E-state index in [0.717, 1.165) is 28.2 Å². The molecule has 0 bridgehead atoms. The number of sulfonamides is 1. The second-order valence-electron chi connectivity index (χ2n) is 21.3. The minimum absolute atomic E-state index is 0.00695. The Bertz CT molecular complexity index is 2730. The molecule has 0 saturated carbocycles. The zero-order chi connectivity index (χ0) is 58.0. The Morgan fingerprint density at radius 3 is 1.92 bits per heavy atom. The van der Waals surface area contributed by atoms with Gasteiger partial charge in [-0.05, 0) is 86.5 Å². The molecular formula is C57H79N9O11S. The number of unbranched alkanes of at least 4 members (excludes halogenated alkanes) is 1.